The van der Waals surface area contributed by atoms with Gasteiger partial charge in [-0.3, -0.25) is 14.5 Å². The number of likely N-dealkylation sites (N-methyl/N-ethyl adjacent to an activating group) is 1. The third kappa shape index (κ3) is 3.85. The fourth-order valence-electron chi connectivity index (χ4n) is 8.04. The molecule has 2 heterocycles. The van der Waals surface area contributed by atoms with Gasteiger partial charge in [0.05, 0.1) is 17.4 Å². The van der Waals surface area contributed by atoms with Crippen LogP contribution in [0.2, 0.25) is 0 Å². The summed E-state index contributed by atoms with van der Waals surface area (Å²) in [6.07, 6.45) is 8.05. The molecule has 4 atom stereocenters. The number of hydrogen-bond donors (Lipinski definition) is 3. The van der Waals surface area contributed by atoms with E-state index in [4.69, 9.17) is 4.42 Å². The molecule has 2 bridgehead atoms. The van der Waals surface area contributed by atoms with Crippen molar-refractivity contribution < 1.29 is 24.2 Å². The van der Waals surface area contributed by atoms with Crippen LogP contribution in [0.15, 0.2) is 47.1 Å². The van der Waals surface area contributed by atoms with E-state index in [1.54, 1.807) is 12.3 Å². The van der Waals surface area contributed by atoms with Gasteiger partial charge in [-0.2, -0.15) is 0 Å². The van der Waals surface area contributed by atoms with Gasteiger partial charge in [-0.25, -0.2) is 0 Å². The van der Waals surface area contributed by atoms with Gasteiger partial charge < -0.3 is 19.9 Å². The summed E-state index contributed by atoms with van der Waals surface area (Å²) < 4.78 is 5.41. The molecular weight excluding hydrogens is 492 g/mol. The SMILES string of the molecule is CN1C(CC2CC2)C[C@]23CC(=O)CC[C@@]2(O)[C@H]1Cc1ccc(C(=O)NCCc2ccc4occc4c2)c(O)c13. The number of phenolic OH excluding ortho intramolecular Hbond substituents is 1. The van der Waals surface area contributed by atoms with Crippen LogP contribution in [0, 0.1) is 5.92 Å². The molecule has 1 unspecified atom stereocenters. The number of likely N-dealkylation sites (tertiary alicyclic amines) is 1. The number of carbonyl (C=O) groups is 2. The number of nitrogens with one attached hydrogen (secondary N) is 1. The number of nitrogens with zero attached hydrogens (tertiary/aromatic N) is 1. The first-order valence-electron chi connectivity index (χ1n) is 14.3. The van der Waals surface area contributed by atoms with Crippen LogP contribution in [0.1, 0.15) is 72.0 Å². The van der Waals surface area contributed by atoms with Crippen LogP contribution in [0.5, 0.6) is 5.75 Å². The fourth-order valence-corrected chi connectivity index (χ4v) is 8.04. The molecule has 7 rings (SSSR count). The van der Waals surface area contributed by atoms with E-state index < -0.39 is 11.0 Å². The zero-order valence-corrected chi connectivity index (χ0v) is 22.4. The van der Waals surface area contributed by atoms with Gasteiger partial charge in [-0.15, -0.1) is 0 Å². The van der Waals surface area contributed by atoms with Crippen molar-refractivity contribution in [2.75, 3.05) is 13.6 Å². The largest absolute Gasteiger partial charge is 0.507 e. The lowest BCUT2D eigenvalue weighted by Crippen LogP contribution is -2.74. The van der Waals surface area contributed by atoms with Crippen molar-refractivity contribution in [3.63, 3.8) is 0 Å². The number of piperidine rings is 1. The van der Waals surface area contributed by atoms with Gasteiger partial charge in [0.2, 0.25) is 0 Å². The van der Waals surface area contributed by atoms with Crippen molar-refractivity contribution in [2.45, 2.75) is 80.9 Å². The minimum Gasteiger partial charge on any atom is -0.507 e. The first-order chi connectivity index (χ1) is 18.8. The Morgan fingerprint density at radius 3 is 2.87 bits per heavy atom. The molecular formula is C32H36N2O5. The van der Waals surface area contributed by atoms with E-state index in [0.29, 0.717) is 50.1 Å². The monoisotopic (exact) mass is 528 g/mol. The minimum atomic E-state index is -1.11. The van der Waals surface area contributed by atoms with Crippen molar-refractivity contribution in [2.24, 2.45) is 5.92 Å². The predicted octanol–water partition coefficient (Wildman–Crippen LogP) is 4.26. The molecule has 3 aliphatic carbocycles. The number of amides is 1. The number of fused-ring (bicyclic) bond motifs is 2. The Morgan fingerprint density at radius 2 is 2.05 bits per heavy atom. The number of ketones is 1. The average molecular weight is 529 g/mol. The van der Waals surface area contributed by atoms with Crippen molar-refractivity contribution in [1.82, 2.24) is 10.2 Å². The third-order valence-corrected chi connectivity index (χ3v) is 10.2. The van der Waals surface area contributed by atoms with E-state index in [2.05, 4.69) is 23.3 Å². The minimum absolute atomic E-state index is 0.0638. The number of benzene rings is 2. The fraction of sp³-hybridized carbons (Fsp3) is 0.500. The quantitative estimate of drug-likeness (QED) is 0.442. The molecule has 204 valence electrons. The summed E-state index contributed by atoms with van der Waals surface area (Å²) in [6, 6.07) is 11.7. The van der Waals surface area contributed by atoms with E-state index >= 15 is 0 Å². The Kier molecular flexibility index (Phi) is 5.69. The number of rotatable bonds is 6. The number of Topliss-reactive ketones (excluding diaryl/α,β-unsaturated/α-hetero) is 1. The zero-order chi connectivity index (χ0) is 26.9. The van der Waals surface area contributed by atoms with Crippen LogP contribution in [0.25, 0.3) is 11.0 Å². The molecule has 1 amide bonds. The Hall–Kier alpha value is -3.16. The molecule has 2 saturated carbocycles. The predicted molar refractivity (Wildman–Crippen MR) is 147 cm³/mol. The third-order valence-electron chi connectivity index (χ3n) is 10.2. The molecule has 1 aliphatic heterocycles. The standard InChI is InChI=1S/C32H36N2O5/c1-34-23(15-19-2-3-19)17-31-18-24(35)8-11-32(31,38)27(34)16-22-5-6-25(29(36)28(22)31)30(37)33-12-9-20-4-7-26-21(14-20)10-13-39-26/h4-7,10,13-14,19,23,27,36,38H,2-3,8-9,11-12,15-18H2,1H3,(H,33,37)/t23?,27-,31-,32-/m1/s1. The van der Waals surface area contributed by atoms with Crippen molar-refractivity contribution in [1.29, 1.82) is 0 Å². The number of aliphatic hydroxyl groups is 1. The van der Waals surface area contributed by atoms with Gasteiger partial charge in [-0.1, -0.05) is 25.0 Å². The molecule has 1 aromatic heterocycles. The van der Waals surface area contributed by atoms with E-state index in [1.165, 1.54) is 12.8 Å². The zero-order valence-electron chi connectivity index (χ0n) is 22.4. The molecule has 3 N–H and O–H groups in total. The lowest BCUT2D eigenvalue weighted by atomic mass is 9.48. The van der Waals surface area contributed by atoms with Crippen LogP contribution in [0.3, 0.4) is 0 Å². The molecule has 39 heavy (non-hydrogen) atoms. The highest BCUT2D eigenvalue weighted by Gasteiger charge is 2.67. The maximum atomic E-state index is 13.3. The smallest absolute Gasteiger partial charge is 0.255 e. The summed E-state index contributed by atoms with van der Waals surface area (Å²) in [7, 11) is 2.12. The second-order valence-corrected chi connectivity index (χ2v) is 12.4. The van der Waals surface area contributed by atoms with Crippen LogP contribution in [-0.2, 0) is 23.1 Å². The molecule has 3 aromatic rings. The molecule has 4 aliphatic rings. The highest BCUT2D eigenvalue weighted by molar-refractivity contribution is 5.98. The van der Waals surface area contributed by atoms with Gasteiger partial charge in [0, 0.05) is 47.8 Å². The summed E-state index contributed by atoms with van der Waals surface area (Å²) in [4.78, 5) is 28.7. The topological polar surface area (TPSA) is 103 Å². The number of aromatic hydroxyl groups is 1. The van der Waals surface area contributed by atoms with Crippen molar-refractivity contribution in [3.8, 4) is 5.75 Å². The van der Waals surface area contributed by atoms with Gasteiger partial charge in [-0.05, 0) is 80.5 Å². The summed E-state index contributed by atoms with van der Waals surface area (Å²) in [5.74, 6) is 0.432. The first-order valence-corrected chi connectivity index (χ1v) is 14.3. The van der Waals surface area contributed by atoms with Gasteiger partial charge in [0.1, 0.15) is 17.1 Å². The maximum Gasteiger partial charge on any atom is 0.255 e. The summed E-state index contributed by atoms with van der Waals surface area (Å²) in [6.45, 7) is 0.419. The van der Waals surface area contributed by atoms with Crippen LogP contribution >= 0.6 is 0 Å². The Bertz CT molecular complexity index is 1470. The number of furan rings is 1. The second-order valence-electron chi connectivity index (χ2n) is 12.4. The van der Waals surface area contributed by atoms with Crippen molar-refractivity contribution >= 4 is 22.7 Å². The lowest BCUT2D eigenvalue weighted by Gasteiger charge is -2.65. The van der Waals surface area contributed by atoms with Crippen LogP contribution in [0.4, 0.5) is 0 Å². The van der Waals surface area contributed by atoms with E-state index in [1.807, 2.05) is 24.3 Å². The molecule has 3 fully saturated rings. The Morgan fingerprint density at radius 1 is 1.21 bits per heavy atom. The maximum absolute atomic E-state index is 13.3. The summed E-state index contributed by atoms with van der Waals surface area (Å²) in [5.41, 5.74) is 1.73. The number of hydrogen-bond acceptors (Lipinski definition) is 6. The van der Waals surface area contributed by atoms with E-state index in [-0.39, 0.29) is 41.5 Å². The van der Waals surface area contributed by atoms with Gasteiger partial charge in [0.25, 0.3) is 5.91 Å². The highest BCUT2D eigenvalue weighted by atomic mass is 16.3. The molecule has 1 saturated heterocycles. The molecule has 0 spiro atoms. The number of carbonyl (C=O) groups excluding carboxylic acids is 2. The number of phenols is 1. The van der Waals surface area contributed by atoms with E-state index in [9.17, 15) is 19.8 Å². The Labute approximate surface area is 228 Å². The molecule has 2 aromatic carbocycles. The van der Waals surface area contributed by atoms with Gasteiger partial charge >= 0.3 is 0 Å². The highest BCUT2D eigenvalue weighted by Crippen LogP contribution is 2.61. The normalized spacial score (nSPS) is 30.2. The summed E-state index contributed by atoms with van der Waals surface area (Å²) in [5, 5.41) is 28.0. The molecule has 7 heteroatoms. The average Bonchev–Trinajstić information content (AvgIpc) is 3.60. The first kappa shape index (κ1) is 24.9. The molecule has 0 radical (unpaired) electrons. The molecule has 7 nitrogen and oxygen atoms in total. The van der Waals surface area contributed by atoms with Crippen LogP contribution < -0.4 is 5.32 Å². The van der Waals surface area contributed by atoms with Crippen LogP contribution in [-0.4, -0.2) is 58.1 Å². The van der Waals surface area contributed by atoms with Crippen molar-refractivity contribution in [3.05, 3.63) is 64.9 Å². The Balaban J connectivity index is 1.19. The van der Waals surface area contributed by atoms with E-state index in [0.717, 1.165) is 28.5 Å². The second kappa shape index (κ2) is 8.93. The van der Waals surface area contributed by atoms with Gasteiger partial charge in [0.15, 0.2) is 0 Å². The lowest BCUT2D eigenvalue weighted by molar-refractivity contribution is -0.181. The summed E-state index contributed by atoms with van der Waals surface area (Å²) >= 11 is 0.